The SMILES string of the molecule is CCCCN(CCCC)CCCN1C(=O)C(=O)C(=C(O)c2ccc(Cl)cc2)[C@H]1c1cccc(OC)c1. The molecule has 0 radical (unpaired) electrons. The van der Waals surface area contributed by atoms with Crippen LogP contribution in [0, 0.1) is 0 Å². The fourth-order valence-electron chi connectivity index (χ4n) is 4.60. The van der Waals surface area contributed by atoms with Crippen molar-refractivity contribution < 1.29 is 19.4 Å². The third kappa shape index (κ3) is 6.68. The first-order chi connectivity index (χ1) is 17.4. The highest BCUT2D eigenvalue weighted by Gasteiger charge is 2.45. The Morgan fingerprint density at radius 1 is 1.00 bits per heavy atom. The lowest BCUT2D eigenvalue weighted by Crippen LogP contribution is -2.34. The minimum absolute atomic E-state index is 0.0874. The maximum atomic E-state index is 13.2. The molecule has 1 N–H and O–H groups in total. The van der Waals surface area contributed by atoms with E-state index in [1.165, 1.54) is 0 Å². The zero-order valence-corrected chi connectivity index (χ0v) is 22.3. The minimum atomic E-state index is -0.699. The van der Waals surface area contributed by atoms with E-state index in [1.807, 2.05) is 24.3 Å². The number of aliphatic hydroxyl groups is 1. The second-order valence-corrected chi connectivity index (χ2v) is 9.61. The molecule has 0 aromatic heterocycles. The first-order valence-corrected chi connectivity index (χ1v) is 13.2. The normalized spacial score (nSPS) is 17.2. The van der Waals surface area contributed by atoms with E-state index in [4.69, 9.17) is 16.3 Å². The third-order valence-electron chi connectivity index (χ3n) is 6.60. The fourth-order valence-corrected chi connectivity index (χ4v) is 4.72. The Kier molecular flexibility index (Phi) is 10.4. The van der Waals surface area contributed by atoms with Crippen molar-refractivity contribution in [1.29, 1.82) is 0 Å². The summed E-state index contributed by atoms with van der Waals surface area (Å²) in [6, 6.07) is 13.2. The lowest BCUT2D eigenvalue weighted by atomic mass is 9.95. The minimum Gasteiger partial charge on any atom is -0.507 e. The molecule has 1 fully saturated rings. The number of ketones is 1. The molecule has 0 saturated carbocycles. The molecule has 36 heavy (non-hydrogen) atoms. The lowest BCUT2D eigenvalue weighted by Gasteiger charge is -2.27. The topological polar surface area (TPSA) is 70.1 Å². The van der Waals surface area contributed by atoms with Crippen LogP contribution in [0.3, 0.4) is 0 Å². The van der Waals surface area contributed by atoms with Crippen LogP contribution in [0.2, 0.25) is 5.02 Å². The Balaban J connectivity index is 1.93. The molecule has 2 aromatic rings. The number of unbranched alkanes of at least 4 members (excludes halogenated alkanes) is 2. The van der Waals surface area contributed by atoms with Gasteiger partial charge in [0.15, 0.2) is 0 Å². The van der Waals surface area contributed by atoms with Crippen molar-refractivity contribution in [3.63, 3.8) is 0 Å². The largest absolute Gasteiger partial charge is 0.507 e. The van der Waals surface area contributed by atoms with Gasteiger partial charge in [-0.1, -0.05) is 50.4 Å². The van der Waals surface area contributed by atoms with Crippen molar-refractivity contribution >= 4 is 29.1 Å². The van der Waals surface area contributed by atoms with Crippen LogP contribution in [0.5, 0.6) is 5.75 Å². The van der Waals surface area contributed by atoms with Crippen LogP contribution >= 0.6 is 11.6 Å². The molecule has 0 bridgehead atoms. The maximum absolute atomic E-state index is 13.2. The zero-order valence-electron chi connectivity index (χ0n) is 21.5. The number of nitrogens with zero attached hydrogens (tertiary/aromatic N) is 2. The highest BCUT2D eigenvalue weighted by atomic mass is 35.5. The molecule has 1 atom stereocenters. The predicted molar refractivity (Wildman–Crippen MR) is 144 cm³/mol. The molecule has 0 aliphatic carbocycles. The molecule has 194 valence electrons. The highest BCUT2D eigenvalue weighted by molar-refractivity contribution is 6.46. The van der Waals surface area contributed by atoms with E-state index < -0.39 is 17.7 Å². The van der Waals surface area contributed by atoms with E-state index in [0.29, 0.717) is 22.9 Å². The number of Topliss-reactive ketones (excluding diaryl/α,β-unsaturated/α-hetero) is 1. The second-order valence-electron chi connectivity index (χ2n) is 9.18. The molecule has 7 heteroatoms. The van der Waals surface area contributed by atoms with Crippen LogP contribution in [-0.2, 0) is 9.59 Å². The van der Waals surface area contributed by atoms with Gasteiger partial charge in [-0.3, -0.25) is 9.59 Å². The van der Waals surface area contributed by atoms with Crippen molar-refractivity contribution in [1.82, 2.24) is 9.80 Å². The molecule has 3 rings (SSSR count). The first-order valence-electron chi connectivity index (χ1n) is 12.8. The molecule has 6 nitrogen and oxygen atoms in total. The van der Waals surface area contributed by atoms with Gasteiger partial charge >= 0.3 is 0 Å². The number of rotatable bonds is 13. The van der Waals surface area contributed by atoms with Gasteiger partial charge in [0.2, 0.25) is 0 Å². The Hall–Kier alpha value is -2.83. The van der Waals surface area contributed by atoms with Gasteiger partial charge in [0.25, 0.3) is 11.7 Å². The number of amides is 1. The zero-order chi connectivity index (χ0) is 26.1. The lowest BCUT2D eigenvalue weighted by molar-refractivity contribution is -0.140. The number of carbonyl (C=O) groups is 2. The molecular weight excluding hydrogens is 476 g/mol. The summed E-state index contributed by atoms with van der Waals surface area (Å²) < 4.78 is 5.40. The Morgan fingerprint density at radius 2 is 1.64 bits per heavy atom. The van der Waals surface area contributed by atoms with Gasteiger partial charge in [0, 0.05) is 17.1 Å². The van der Waals surface area contributed by atoms with Crippen molar-refractivity contribution in [2.24, 2.45) is 0 Å². The van der Waals surface area contributed by atoms with Crippen molar-refractivity contribution in [2.45, 2.75) is 52.0 Å². The van der Waals surface area contributed by atoms with Crippen LogP contribution < -0.4 is 4.74 Å². The summed E-state index contributed by atoms with van der Waals surface area (Å²) in [6.45, 7) is 7.71. The smallest absolute Gasteiger partial charge is 0.295 e. The van der Waals surface area contributed by atoms with Crippen LogP contribution in [0.1, 0.15) is 63.1 Å². The molecule has 1 aliphatic heterocycles. The number of carbonyl (C=O) groups excluding carboxylic acids is 2. The average Bonchev–Trinajstić information content (AvgIpc) is 3.15. The van der Waals surface area contributed by atoms with Crippen molar-refractivity contribution in [3.8, 4) is 5.75 Å². The molecule has 1 heterocycles. The summed E-state index contributed by atoms with van der Waals surface area (Å²) in [5, 5.41) is 11.7. The number of halogens is 1. The Bertz CT molecular complexity index is 1060. The van der Waals surface area contributed by atoms with E-state index in [9.17, 15) is 14.7 Å². The summed E-state index contributed by atoms with van der Waals surface area (Å²) in [6.07, 6.45) is 5.29. The van der Waals surface area contributed by atoms with E-state index in [0.717, 1.165) is 57.3 Å². The van der Waals surface area contributed by atoms with Crippen molar-refractivity contribution in [2.75, 3.05) is 33.3 Å². The molecule has 0 spiro atoms. The predicted octanol–water partition coefficient (Wildman–Crippen LogP) is 6.06. The molecule has 1 saturated heterocycles. The van der Waals surface area contributed by atoms with Gasteiger partial charge in [-0.25, -0.2) is 0 Å². The standard InChI is InChI=1S/C29H37ClN2O4/c1-4-6-16-31(17-7-5-2)18-9-19-32-26(22-10-8-11-24(20-22)36-3)25(28(34)29(32)35)27(33)21-12-14-23(30)15-13-21/h8,10-15,20,26,33H,4-7,9,16-19H2,1-3H3/t26-/m1/s1. The van der Waals surface area contributed by atoms with Gasteiger partial charge in [0.1, 0.15) is 11.5 Å². The number of ether oxygens (including phenoxy) is 1. The summed E-state index contributed by atoms with van der Waals surface area (Å²) in [5.41, 5.74) is 1.25. The summed E-state index contributed by atoms with van der Waals surface area (Å²) in [5.74, 6) is -0.848. The second kappa shape index (κ2) is 13.5. The molecule has 1 aliphatic rings. The first kappa shape index (κ1) is 27.8. The highest BCUT2D eigenvalue weighted by Crippen LogP contribution is 2.40. The number of likely N-dealkylation sites (tertiary alicyclic amines) is 1. The number of aliphatic hydroxyl groups excluding tert-OH is 1. The summed E-state index contributed by atoms with van der Waals surface area (Å²) in [7, 11) is 1.57. The quantitative estimate of drug-likeness (QED) is 0.200. The van der Waals surface area contributed by atoms with Gasteiger partial charge in [0.05, 0.1) is 18.7 Å². The summed E-state index contributed by atoms with van der Waals surface area (Å²) >= 11 is 6.01. The Labute approximate surface area is 219 Å². The Morgan fingerprint density at radius 3 is 2.25 bits per heavy atom. The van der Waals surface area contributed by atoms with Gasteiger partial charge in [-0.2, -0.15) is 0 Å². The molecule has 0 unspecified atom stereocenters. The maximum Gasteiger partial charge on any atom is 0.295 e. The molecule has 2 aromatic carbocycles. The van der Waals surface area contributed by atoms with Crippen LogP contribution in [-0.4, -0.2) is 59.9 Å². The number of hydrogen-bond donors (Lipinski definition) is 1. The van der Waals surface area contributed by atoms with E-state index in [1.54, 1.807) is 36.3 Å². The van der Waals surface area contributed by atoms with Crippen LogP contribution in [0.25, 0.3) is 5.76 Å². The van der Waals surface area contributed by atoms with Crippen LogP contribution in [0.4, 0.5) is 0 Å². The van der Waals surface area contributed by atoms with Crippen LogP contribution in [0.15, 0.2) is 54.1 Å². The monoisotopic (exact) mass is 512 g/mol. The van der Waals surface area contributed by atoms with Gasteiger partial charge in [-0.15, -0.1) is 0 Å². The van der Waals surface area contributed by atoms with Gasteiger partial charge < -0.3 is 19.6 Å². The van der Waals surface area contributed by atoms with Gasteiger partial charge in [-0.05, 0) is 80.9 Å². The third-order valence-corrected chi connectivity index (χ3v) is 6.85. The molecule has 1 amide bonds. The van der Waals surface area contributed by atoms with E-state index >= 15 is 0 Å². The number of methoxy groups -OCH3 is 1. The van der Waals surface area contributed by atoms with Crippen molar-refractivity contribution in [3.05, 3.63) is 70.3 Å². The number of benzene rings is 2. The van der Waals surface area contributed by atoms with E-state index in [-0.39, 0.29) is 11.3 Å². The average molecular weight is 513 g/mol. The number of hydrogen-bond acceptors (Lipinski definition) is 5. The van der Waals surface area contributed by atoms with E-state index in [2.05, 4.69) is 18.7 Å². The molecular formula is C29H37ClN2O4. The fraction of sp³-hybridized carbons (Fsp3) is 0.448. The summed E-state index contributed by atoms with van der Waals surface area (Å²) in [4.78, 5) is 30.5.